The van der Waals surface area contributed by atoms with Gasteiger partial charge in [-0.3, -0.25) is 4.79 Å². The zero-order valence-corrected chi connectivity index (χ0v) is 12.0. The lowest BCUT2D eigenvalue weighted by molar-refractivity contribution is -0.139. The van der Waals surface area contributed by atoms with E-state index in [1.165, 1.54) is 5.56 Å². The summed E-state index contributed by atoms with van der Waals surface area (Å²) in [6.45, 7) is 0.707. The molecule has 2 N–H and O–H groups in total. The maximum Gasteiger partial charge on any atom is 0.321 e. The van der Waals surface area contributed by atoms with Crippen LogP contribution in [0.2, 0.25) is 0 Å². The van der Waals surface area contributed by atoms with Gasteiger partial charge in [-0.05, 0) is 36.9 Å². The zero-order valence-electron chi connectivity index (χ0n) is 12.0. The first-order valence-electron chi connectivity index (χ1n) is 7.30. The Bertz CT molecular complexity index is 540. The molecule has 0 saturated heterocycles. The number of carboxylic acid groups (broad SMARTS) is 1. The van der Waals surface area contributed by atoms with Crippen molar-refractivity contribution in [3.63, 3.8) is 0 Å². The summed E-state index contributed by atoms with van der Waals surface area (Å²) in [5.74, 6) is -0.793. The van der Waals surface area contributed by atoms with Crippen LogP contribution in [0.3, 0.4) is 0 Å². The fourth-order valence-corrected chi connectivity index (χ4v) is 2.31. The standard InChI is InChI=1S/C18H21NO2/c20-18(21)17(14-16-10-5-2-6-11-16)19-13-7-12-15-8-3-1-4-9-15/h1-6,8-11,17,19H,7,12-14H2,(H,20,21)/t17-/m1/s1. The van der Waals surface area contributed by atoms with Crippen LogP contribution < -0.4 is 5.32 Å². The van der Waals surface area contributed by atoms with Gasteiger partial charge in [0.15, 0.2) is 0 Å². The van der Waals surface area contributed by atoms with E-state index in [0.717, 1.165) is 18.4 Å². The first kappa shape index (κ1) is 15.3. The van der Waals surface area contributed by atoms with E-state index in [2.05, 4.69) is 17.4 Å². The number of carbonyl (C=O) groups is 1. The topological polar surface area (TPSA) is 49.3 Å². The third-order valence-corrected chi connectivity index (χ3v) is 3.46. The maximum absolute atomic E-state index is 11.3. The predicted molar refractivity (Wildman–Crippen MR) is 84.3 cm³/mol. The van der Waals surface area contributed by atoms with Gasteiger partial charge >= 0.3 is 5.97 Å². The van der Waals surface area contributed by atoms with Gasteiger partial charge in [0, 0.05) is 0 Å². The van der Waals surface area contributed by atoms with Gasteiger partial charge in [-0.1, -0.05) is 60.7 Å². The molecule has 0 bridgehead atoms. The average molecular weight is 283 g/mol. The van der Waals surface area contributed by atoms with Crippen molar-refractivity contribution in [3.8, 4) is 0 Å². The molecule has 3 heteroatoms. The van der Waals surface area contributed by atoms with Crippen molar-refractivity contribution in [2.45, 2.75) is 25.3 Å². The molecular weight excluding hydrogens is 262 g/mol. The van der Waals surface area contributed by atoms with Crippen molar-refractivity contribution in [3.05, 3.63) is 71.8 Å². The predicted octanol–water partition coefficient (Wildman–Crippen LogP) is 2.90. The number of rotatable bonds is 8. The van der Waals surface area contributed by atoms with Crippen LogP contribution in [0, 0.1) is 0 Å². The third-order valence-electron chi connectivity index (χ3n) is 3.46. The number of aryl methyl sites for hydroxylation is 1. The molecule has 3 nitrogen and oxygen atoms in total. The highest BCUT2D eigenvalue weighted by atomic mass is 16.4. The van der Waals surface area contributed by atoms with E-state index in [4.69, 9.17) is 0 Å². The van der Waals surface area contributed by atoms with Gasteiger partial charge in [0.1, 0.15) is 6.04 Å². The summed E-state index contributed by atoms with van der Waals surface area (Å²) < 4.78 is 0. The van der Waals surface area contributed by atoms with Crippen LogP contribution in [-0.2, 0) is 17.6 Å². The summed E-state index contributed by atoms with van der Waals surface area (Å²) in [6, 6.07) is 19.4. The summed E-state index contributed by atoms with van der Waals surface area (Å²) in [4.78, 5) is 11.3. The molecule has 0 spiro atoms. The number of benzene rings is 2. The molecule has 0 aliphatic heterocycles. The van der Waals surface area contributed by atoms with Crippen molar-refractivity contribution in [2.24, 2.45) is 0 Å². The number of hydrogen-bond donors (Lipinski definition) is 2. The highest BCUT2D eigenvalue weighted by Gasteiger charge is 2.16. The Balaban J connectivity index is 1.77. The van der Waals surface area contributed by atoms with Gasteiger partial charge in [0.05, 0.1) is 0 Å². The van der Waals surface area contributed by atoms with E-state index in [1.54, 1.807) is 0 Å². The van der Waals surface area contributed by atoms with Gasteiger partial charge in [0.25, 0.3) is 0 Å². The number of nitrogens with one attached hydrogen (secondary N) is 1. The van der Waals surface area contributed by atoms with Crippen molar-refractivity contribution in [1.29, 1.82) is 0 Å². The minimum absolute atomic E-state index is 0.515. The van der Waals surface area contributed by atoms with E-state index in [0.29, 0.717) is 13.0 Å². The molecule has 0 unspecified atom stereocenters. The fourth-order valence-electron chi connectivity index (χ4n) is 2.31. The Morgan fingerprint density at radius 3 is 2.10 bits per heavy atom. The Hall–Kier alpha value is -2.13. The lowest BCUT2D eigenvalue weighted by Gasteiger charge is -2.14. The SMILES string of the molecule is O=C(O)[C@@H](Cc1ccccc1)NCCCc1ccccc1. The van der Waals surface area contributed by atoms with Gasteiger partial charge in [0.2, 0.25) is 0 Å². The van der Waals surface area contributed by atoms with Crippen molar-refractivity contribution >= 4 is 5.97 Å². The second-order valence-corrected chi connectivity index (χ2v) is 5.12. The lowest BCUT2D eigenvalue weighted by atomic mass is 10.1. The Kier molecular flexibility index (Phi) is 5.98. The Morgan fingerprint density at radius 1 is 0.952 bits per heavy atom. The molecule has 0 fully saturated rings. The quantitative estimate of drug-likeness (QED) is 0.732. The second-order valence-electron chi connectivity index (χ2n) is 5.12. The van der Waals surface area contributed by atoms with E-state index in [-0.39, 0.29) is 0 Å². The number of aliphatic carboxylic acids is 1. The molecule has 0 aliphatic rings. The fraction of sp³-hybridized carbons (Fsp3) is 0.278. The van der Waals surface area contributed by atoms with E-state index in [1.807, 2.05) is 48.5 Å². The zero-order chi connectivity index (χ0) is 14.9. The molecule has 2 aromatic rings. The molecule has 21 heavy (non-hydrogen) atoms. The lowest BCUT2D eigenvalue weighted by Crippen LogP contribution is -2.39. The number of hydrogen-bond acceptors (Lipinski definition) is 2. The normalized spacial score (nSPS) is 12.0. The third kappa shape index (κ3) is 5.40. The smallest absolute Gasteiger partial charge is 0.321 e. The summed E-state index contributed by atoms with van der Waals surface area (Å²) >= 11 is 0. The van der Waals surface area contributed by atoms with Gasteiger partial charge in [-0.25, -0.2) is 0 Å². The molecule has 0 aliphatic carbocycles. The molecule has 0 aromatic heterocycles. The molecule has 0 saturated carbocycles. The first-order chi connectivity index (χ1) is 10.3. The van der Waals surface area contributed by atoms with E-state index in [9.17, 15) is 9.90 Å². The largest absolute Gasteiger partial charge is 0.480 e. The Morgan fingerprint density at radius 2 is 1.52 bits per heavy atom. The minimum atomic E-state index is -0.793. The number of carboxylic acids is 1. The van der Waals surface area contributed by atoms with Crippen LogP contribution >= 0.6 is 0 Å². The minimum Gasteiger partial charge on any atom is -0.480 e. The molecule has 110 valence electrons. The van der Waals surface area contributed by atoms with E-state index >= 15 is 0 Å². The van der Waals surface area contributed by atoms with E-state index < -0.39 is 12.0 Å². The maximum atomic E-state index is 11.3. The van der Waals surface area contributed by atoms with Crippen molar-refractivity contribution in [2.75, 3.05) is 6.54 Å². The molecular formula is C18H21NO2. The molecule has 0 heterocycles. The molecule has 2 rings (SSSR count). The van der Waals surface area contributed by atoms with Crippen LogP contribution in [0.15, 0.2) is 60.7 Å². The average Bonchev–Trinajstić information content (AvgIpc) is 2.52. The monoisotopic (exact) mass is 283 g/mol. The van der Waals surface area contributed by atoms with Crippen LogP contribution in [0.25, 0.3) is 0 Å². The van der Waals surface area contributed by atoms with Crippen LogP contribution in [0.1, 0.15) is 17.5 Å². The van der Waals surface area contributed by atoms with Crippen molar-refractivity contribution < 1.29 is 9.90 Å². The highest BCUT2D eigenvalue weighted by Crippen LogP contribution is 2.05. The van der Waals surface area contributed by atoms with Gasteiger partial charge < -0.3 is 10.4 Å². The summed E-state index contributed by atoms with van der Waals surface area (Å²) in [5, 5.41) is 12.4. The molecule has 2 aromatic carbocycles. The molecule has 0 amide bonds. The molecule has 1 atom stereocenters. The van der Waals surface area contributed by atoms with Crippen LogP contribution in [0.5, 0.6) is 0 Å². The van der Waals surface area contributed by atoms with Gasteiger partial charge in [-0.15, -0.1) is 0 Å². The van der Waals surface area contributed by atoms with Crippen molar-refractivity contribution in [1.82, 2.24) is 5.32 Å². The summed E-state index contributed by atoms with van der Waals surface area (Å²) in [6.07, 6.45) is 2.41. The van der Waals surface area contributed by atoms with Crippen LogP contribution in [0.4, 0.5) is 0 Å². The Labute approximate surface area is 125 Å². The first-order valence-corrected chi connectivity index (χ1v) is 7.30. The van der Waals surface area contributed by atoms with Crippen LogP contribution in [-0.4, -0.2) is 23.7 Å². The molecule has 0 radical (unpaired) electrons. The highest BCUT2D eigenvalue weighted by molar-refractivity contribution is 5.73. The van der Waals surface area contributed by atoms with Gasteiger partial charge in [-0.2, -0.15) is 0 Å². The second kappa shape index (κ2) is 8.22. The summed E-state index contributed by atoms with van der Waals surface area (Å²) in [7, 11) is 0. The summed E-state index contributed by atoms with van der Waals surface area (Å²) in [5.41, 5.74) is 2.33.